The molecule has 0 unspecified atom stereocenters. The Bertz CT molecular complexity index is 7040. The van der Waals surface area contributed by atoms with Crippen molar-refractivity contribution in [2.45, 2.75) is 19.9 Å². The quantitative estimate of drug-likeness (QED) is 0.0470. The molecule has 0 bridgehead atoms. The van der Waals surface area contributed by atoms with Crippen LogP contribution in [-0.4, -0.2) is 211 Å². The molecule has 0 radical (unpaired) electrons. The number of nitrogens with zero attached hydrogens (tertiary/aromatic N) is 16. The molecule has 0 aliphatic carbocycles. The number of aromatic nitrogens is 10. The van der Waals surface area contributed by atoms with Crippen molar-refractivity contribution in [3.8, 4) is 79.3 Å². The minimum Gasteiger partial charge on any atom is -0.493 e. The number of halogens is 3. The molecule has 5 fully saturated rings. The van der Waals surface area contributed by atoms with Crippen LogP contribution in [0.2, 0.25) is 0 Å². The van der Waals surface area contributed by atoms with Gasteiger partial charge >= 0.3 is 0 Å². The number of nitro benzene ring substituents is 1. The van der Waals surface area contributed by atoms with Gasteiger partial charge in [0, 0.05) is 244 Å². The highest BCUT2D eigenvalue weighted by molar-refractivity contribution is 5.71. The Morgan fingerprint density at radius 3 is 0.992 bits per heavy atom. The Balaban J connectivity index is 0.000000120. The number of piperazine rings is 5. The van der Waals surface area contributed by atoms with E-state index < -0.39 is 16.6 Å². The first-order chi connectivity index (χ1) is 63.6. The molecule has 5 aromatic carbocycles. The Morgan fingerprint density at radius 1 is 0.351 bits per heavy atom. The Morgan fingerprint density at radius 2 is 0.656 bits per heavy atom. The third kappa shape index (κ3) is 20.8. The van der Waals surface area contributed by atoms with E-state index in [1.807, 2.05) is 86.0 Å². The molecule has 20 rings (SSSR count). The fourth-order valence-corrected chi connectivity index (χ4v) is 16.2. The number of fused-ring (bicyclic) bond motifs is 5. The van der Waals surface area contributed by atoms with Crippen LogP contribution in [0.25, 0.3) is 84.5 Å². The molecule has 674 valence electrons. The van der Waals surface area contributed by atoms with Crippen LogP contribution in [0.5, 0.6) is 23.0 Å². The predicted molar refractivity (Wildman–Crippen MR) is 502 cm³/mol. The molecular weight excluding hydrogens is 1680 g/mol. The summed E-state index contributed by atoms with van der Waals surface area (Å²) in [5, 5.41) is 27.6. The molecule has 5 N–H and O–H groups in total. The molecule has 32 nitrogen and oxygen atoms in total. The summed E-state index contributed by atoms with van der Waals surface area (Å²) in [7, 11) is 5.82. The van der Waals surface area contributed by atoms with Crippen LogP contribution in [0.3, 0.4) is 0 Å². The fraction of sp³-hybridized carbons (Fsp3) is 0.271. The molecule has 10 aromatic heterocycles. The molecule has 131 heavy (non-hydrogen) atoms. The Labute approximate surface area is 749 Å². The minimum absolute atomic E-state index is 0.0291. The van der Waals surface area contributed by atoms with Gasteiger partial charge in [-0.25, -0.2) is 38.1 Å². The van der Waals surface area contributed by atoms with Crippen LogP contribution in [0.4, 0.5) is 47.3 Å². The maximum absolute atomic E-state index is 14.6. The van der Waals surface area contributed by atoms with E-state index in [0.29, 0.717) is 68.3 Å². The first-order valence-electron chi connectivity index (χ1n) is 43.0. The van der Waals surface area contributed by atoms with Gasteiger partial charge in [-0.1, -0.05) is 54.1 Å². The van der Waals surface area contributed by atoms with Crippen molar-refractivity contribution in [2.24, 2.45) is 0 Å². The molecule has 5 aliphatic heterocycles. The summed E-state index contributed by atoms with van der Waals surface area (Å²) in [6.45, 7) is 21.5. The van der Waals surface area contributed by atoms with E-state index in [9.17, 15) is 47.3 Å². The second kappa shape index (κ2) is 40.6. The first-order valence-corrected chi connectivity index (χ1v) is 43.0. The van der Waals surface area contributed by atoms with Crippen molar-refractivity contribution >= 4 is 62.4 Å². The van der Waals surface area contributed by atoms with E-state index in [2.05, 4.69) is 82.9 Å². The summed E-state index contributed by atoms with van der Waals surface area (Å²) in [4.78, 5) is 107. The van der Waals surface area contributed by atoms with Gasteiger partial charge < -0.3 is 70.0 Å². The van der Waals surface area contributed by atoms with Gasteiger partial charge in [0.2, 0.25) is 0 Å². The van der Waals surface area contributed by atoms with Crippen LogP contribution in [0, 0.1) is 34.5 Å². The zero-order valence-electron chi connectivity index (χ0n) is 73.1. The van der Waals surface area contributed by atoms with Gasteiger partial charge in [0.1, 0.15) is 45.7 Å². The number of nitrogens with one attached hydrogen (secondary N) is 5. The summed E-state index contributed by atoms with van der Waals surface area (Å²) in [5.41, 5.74) is 12.4. The average Bonchev–Trinajstić information content (AvgIpc) is 0.780. The molecule has 0 saturated carbocycles. The topological polar surface area (TPSA) is 328 Å². The number of pyridine rings is 5. The highest BCUT2D eigenvalue weighted by Gasteiger charge is 2.24. The number of non-ortho nitro benzene ring substituents is 1. The van der Waals surface area contributed by atoms with Gasteiger partial charge in [0.05, 0.1) is 90.3 Å². The largest absolute Gasteiger partial charge is 0.493 e. The summed E-state index contributed by atoms with van der Waals surface area (Å²) >= 11 is 0. The third-order valence-electron chi connectivity index (χ3n) is 23.2. The van der Waals surface area contributed by atoms with E-state index in [-0.39, 0.29) is 73.3 Å². The molecule has 15 heterocycles. The number of anilines is 5. The lowest BCUT2D eigenvalue weighted by Gasteiger charge is -2.33. The smallest absolute Gasteiger partial charge is 0.270 e. The number of ether oxygens (including phenoxy) is 4. The molecule has 0 amide bonds. The highest BCUT2D eigenvalue weighted by Crippen LogP contribution is 2.37. The van der Waals surface area contributed by atoms with Crippen LogP contribution >= 0.6 is 0 Å². The molecule has 1 atom stereocenters. The lowest BCUT2D eigenvalue weighted by atomic mass is 10.1. The van der Waals surface area contributed by atoms with Gasteiger partial charge in [-0.2, -0.15) is 0 Å². The Kier molecular flexibility index (Phi) is 27.7. The van der Waals surface area contributed by atoms with E-state index in [0.717, 1.165) is 164 Å². The predicted octanol–water partition coefficient (Wildman–Crippen LogP) is 9.91. The van der Waals surface area contributed by atoms with Gasteiger partial charge in [-0.3, -0.25) is 56.1 Å². The molecule has 35 heteroatoms. The van der Waals surface area contributed by atoms with Crippen molar-refractivity contribution in [2.75, 3.05) is 177 Å². The second-order valence-electron chi connectivity index (χ2n) is 31.8. The minimum atomic E-state index is -0.537. The highest BCUT2D eigenvalue weighted by atomic mass is 19.1. The van der Waals surface area contributed by atoms with Crippen LogP contribution in [0.15, 0.2) is 243 Å². The monoisotopic (exact) mass is 1780 g/mol. The maximum atomic E-state index is 14.6. The summed E-state index contributed by atoms with van der Waals surface area (Å²) in [6, 6.07) is 52.2. The van der Waals surface area contributed by atoms with E-state index in [1.165, 1.54) is 120 Å². The van der Waals surface area contributed by atoms with Crippen LogP contribution < -0.4 is 97.8 Å². The lowest BCUT2D eigenvalue weighted by molar-refractivity contribution is -0.384. The number of methoxy groups -OCH3 is 4. The van der Waals surface area contributed by atoms with Gasteiger partial charge in [0.15, 0.2) is 23.0 Å². The summed E-state index contributed by atoms with van der Waals surface area (Å²) in [6.07, 6.45) is 9.09. The zero-order chi connectivity index (χ0) is 91.3. The van der Waals surface area contributed by atoms with E-state index in [1.54, 1.807) is 75.9 Å². The van der Waals surface area contributed by atoms with Crippen molar-refractivity contribution in [1.29, 1.82) is 0 Å². The fourth-order valence-electron chi connectivity index (χ4n) is 16.2. The molecule has 5 aliphatic rings. The van der Waals surface area contributed by atoms with E-state index >= 15 is 0 Å². The summed E-state index contributed by atoms with van der Waals surface area (Å²) < 4.78 is 71.0. The lowest BCUT2D eigenvalue weighted by Crippen LogP contribution is -2.49. The number of hydrogen-bond acceptors (Lipinski definition) is 26. The molecular formula is C96H98F3N21O11. The normalized spacial score (nSPS) is 15.2. The van der Waals surface area contributed by atoms with Gasteiger partial charge in [-0.15, -0.1) is 0 Å². The second-order valence-corrected chi connectivity index (χ2v) is 31.8. The number of rotatable bonds is 15. The van der Waals surface area contributed by atoms with Crippen LogP contribution in [0.1, 0.15) is 12.5 Å². The zero-order valence-corrected chi connectivity index (χ0v) is 73.1. The number of nitro groups is 1. The van der Waals surface area contributed by atoms with Gasteiger partial charge in [0.25, 0.3) is 33.5 Å². The van der Waals surface area contributed by atoms with Crippen molar-refractivity contribution in [1.82, 2.24) is 73.5 Å². The maximum Gasteiger partial charge on any atom is 0.270 e. The van der Waals surface area contributed by atoms with Crippen molar-refractivity contribution in [3.05, 3.63) is 304 Å². The SMILES string of the molecule is COc1cc(F)c(-c2cc(=O)n3cc(N4CCNCC4)ccc3n2)cc1OC.COc1cc(F)c(-c2cc(=O)n3cc(N4CCN[C@@H](C)C4)ccc3n2)cc1OC.Cc1ccc(-c2cc(=O)n3cc(N4CCNCC4)ccc3n2)cc1.O=c1cc(-c2cccc(F)c2)nc2ccc(N3CCNCC3)cn12.O=c1cc(-c2cccc([N+](=O)[O-])c2)nc2ccc(N3CCNCC3)cn12. The third-order valence-corrected chi connectivity index (χ3v) is 23.2. The molecule has 0 spiro atoms. The number of benzene rings is 5. The average molecular weight is 1780 g/mol. The van der Waals surface area contributed by atoms with E-state index in [4.69, 9.17) is 18.9 Å². The van der Waals surface area contributed by atoms with Crippen molar-refractivity contribution in [3.63, 3.8) is 0 Å². The molecule has 5 saturated heterocycles. The van der Waals surface area contributed by atoms with Crippen molar-refractivity contribution < 1.29 is 37.0 Å². The van der Waals surface area contributed by atoms with Crippen LogP contribution in [-0.2, 0) is 0 Å². The summed E-state index contributed by atoms with van der Waals surface area (Å²) in [5.74, 6) is -0.118. The first kappa shape index (κ1) is 89.5. The van der Waals surface area contributed by atoms with Gasteiger partial charge in [-0.05, 0) is 98.8 Å². The standard InChI is InChI=1S/C21H23FN4O3.C20H21FN4O3.C19H20N4O.C18H17FN4O.C18H17N5O3/c1-13-11-25(7-6-23-13)14-4-5-20-24-17(10-21(27)26(20)12-14)15-8-18(28-2)19(29-3)9-16(15)22;1-27-17-9-14(15(21)10-18(17)28-2)16-11-20(26)25-12-13(3-4-19(25)23-16)24-7-5-22-6-8-24;1-14-2-4-15(5-3-14)17-12-19(24)23-13-16(6-7-18(23)21-17)22-10-8-20-9-11-22;19-14-3-1-2-13(10-14)16-11-18(24)23-12-15(4-5-17(23)21-16)22-8-6-20-7-9-22;24-18-11-16(13-2-1-3-14(10-13)23(25)26)20-17-5-4-15(12-22(17)18)21-8-6-19-7-9-21/h4-5,8-10,12-13,23H,6-7,11H2,1-3H3;3-4,9-12,22H,5-8H2,1-2H3;2-7,12-13,20H,8-11H2,1H3;1-5,10-12,20H,6-9H2;1-5,10-12,19H,6-9H2/t13-;;;;/m0..../s1. The number of hydrogen-bond donors (Lipinski definition) is 5. The molecule has 15 aromatic rings. The Hall–Kier alpha value is -14.9. The number of aryl methyl sites for hydroxylation is 1.